The molecule has 2 bridgehead atoms. The summed E-state index contributed by atoms with van der Waals surface area (Å²) < 4.78 is 89.9. The van der Waals surface area contributed by atoms with Crippen LogP contribution in [0.1, 0.15) is 49.7 Å². The molecule has 2 N–H and O–H groups in total. The van der Waals surface area contributed by atoms with Crippen molar-refractivity contribution in [3.05, 3.63) is 29.3 Å². The van der Waals surface area contributed by atoms with Gasteiger partial charge in [0.2, 0.25) is 5.91 Å². The number of halogens is 6. The van der Waals surface area contributed by atoms with Crippen LogP contribution in [-0.2, 0) is 31.7 Å². The minimum Gasteiger partial charge on any atom is -0.480 e. The van der Waals surface area contributed by atoms with E-state index < -0.39 is 47.5 Å². The highest BCUT2D eigenvalue weighted by Crippen LogP contribution is 2.60. The predicted molar refractivity (Wildman–Crippen MR) is 110 cm³/mol. The number of hydrogen-bond donors (Lipinski definition) is 2. The van der Waals surface area contributed by atoms with Crippen molar-refractivity contribution in [2.45, 2.75) is 86.9 Å². The summed E-state index contributed by atoms with van der Waals surface area (Å²) in [5, 5.41) is 5.82. The average Bonchev–Trinajstić information content (AvgIpc) is 2.70. The lowest BCUT2D eigenvalue weighted by molar-refractivity contribution is -0.357. The lowest BCUT2D eigenvalue weighted by Crippen LogP contribution is -2.84. The minimum atomic E-state index is -4.68. The maximum atomic E-state index is 12.9. The van der Waals surface area contributed by atoms with Crippen LogP contribution in [0.3, 0.4) is 0 Å². The third kappa shape index (κ3) is 5.13. The van der Waals surface area contributed by atoms with Crippen LogP contribution in [0.2, 0.25) is 0 Å². The van der Waals surface area contributed by atoms with Crippen molar-refractivity contribution in [3.63, 3.8) is 0 Å². The topological polar surface area (TPSA) is 85.9 Å². The Morgan fingerprint density at radius 2 is 1.67 bits per heavy atom. The van der Waals surface area contributed by atoms with E-state index in [9.17, 15) is 35.9 Å². The molecule has 13 heteroatoms. The van der Waals surface area contributed by atoms with Gasteiger partial charge in [-0.25, -0.2) is 0 Å². The van der Waals surface area contributed by atoms with Gasteiger partial charge in [-0.3, -0.25) is 14.3 Å². The average molecular weight is 522 g/mol. The van der Waals surface area contributed by atoms with E-state index in [0.29, 0.717) is 24.8 Å². The van der Waals surface area contributed by atoms with Crippen LogP contribution in [0.15, 0.2) is 18.2 Å². The quantitative estimate of drug-likeness (QED) is 0.537. The molecule has 1 aromatic carbocycles. The van der Waals surface area contributed by atoms with E-state index in [2.05, 4.69) is 15.4 Å². The number of carbonyl (C=O) groups is 2. The summed E-state index contributed by atoms with van der Waals surface area (Å²) >= 11 is 0. The van der Waals surface area contributed by atoms with Gasteiger partial charge in [0.15, 0.2) is 6.10 Å². The van der Waals surface area contributed by atoms with Crippen molar-refractivity contribution in [1.29, 1.82) is 0 Å². The third-order valence-corrected chi connectivity index (χ3v) is 7.25. The van der Waals surface area contributed by atoms with Crippen LogP contribution in [0.25, 0.3) is 0 Å². The van der Waals surface area contributed by atoms with E-state index >= 15 is 0 Å². The van der Waals surface area contributed by atoms with Gasteiger partial charge in [0.25, 0.3) is 5.91 Å². The van der Waals surface area contributed by atoms with Gasteiger partial charge in [0.05, 0.1) is 17.8 Å². The second-order valence-electron chi connectivity index (χ2n) is 10.2. The zero-order valence-electron chi connectivity index (χ0n) is 18.9. The number of ether oxygens (including phenoxy) is 3. The van der Waals surface area contributed by atoms with Gasteiger partial charge in [0.1, 0.15) is 12.4 Å². The summed E-state index contributed by atoms with van der Waals surface area (Å²) in [6, 6.07) is 3.20. The van der Waals surface area contributed by atoms with Crippen molar-refractivity contribution in [1.82, 2.24) is 10.6 Å². The van der Waals surface area contributed by atoms with E-state index in [1.54, 1.807) is 0 Å². The molecule has 0 saturated heterocycles. The molecule has 4 saturated carbocycles. The molecule has 0 radical (unpaired) electrons. The molecule has 0 unspecified atom stereocenters. The van der Waals surface area contributed by atoms with Gasteiger partial charge >= 0.3 is 12.5 Å². The molecule has 4 fully saturated rings. The second kappa shape index (κ2) is 8.51. The molecular formula is C23H24F6N2O5. The van der Waals surface area contributed by atoms with Crippen molar-refractivity contribution in [2.75, 3.05) is 6.61 Å². The Balaban J connectivity index is 1.02. The Morgan fingerprint density at radius 1 is 1.00 bits per heavy atom. The molecule has 198 valence electrons. The Kier molecular flexibility index (Phi) is 5.94. The molecule has 6 rings (SSSR count). The lowest BCUT2D eigenvalue weighted by atomic mass is 9.44. The summed E-state index contributed by atoms with van der Waals surface area (Å²) in [5.74, 6) is -0.456. The first-order chi connectivity index (χ1) is 16.7. The van der Waals surface area contributed by atoms with Gasteiger partial charge < -0.3 is 20.1 Å². The molecule has 0 aromatic heterocycles. The first-order valence-corrected chi connectivity index (χ1v) is 11.6. The van der Waals surface area contributed by atoms with Crippen LogP contribution in [0.5, 0.6) is 5.75 Å². The third-order valence-electron chi connectivity index (χ3n) is 7.25. The zero-order chi connectivity index (χ0) is 25.9. The first kappa shape index (κ1) is 25.1. The number of fused-ring (bicyclic) bond motifs is 1. The highest BCUT2D eigenvalue weighted by molar-refractivity contribution is 5.84. The van der Waals surface area contributed by atoms with Crippen molar-refractivity contribution >= 4 is 11.8 Å². The zero-order valence-corrected chi connectivity index (χ0v) is 18.9. The van der Waals surface area contributed by atoms with Crippen molar-refractivity contribution in [2.24, 2.45) is 0 Å². The summed E-state index contributed by atoms with van der Waals surface area (Å²) in [7, 11) is 0. The minimum absolute atomic E-state index is 0.0737. The number of alkyl halides is 6. The summed E-state index contributed by atoms with van der Waals surface area (Å²) in [5.41, 5.74) is -1.24. The Bertz CT molecular complexity index is 1030. The van der Waals surface area contributed by atoms with E-state index in [-0.39, 0.29) is 49.9 Å². The largest absolute Gasteiger partial charge is 0.522 e. The standard InChI is InChI=1S/C23H24F6N2O5/c24-22(25,26)13-2-4-16-12(5-13)1-3-17(35-16)19(33)31-21-9-20(10-21,11-21)30-18(32)8-34-14-6-15(7-14)36-23(27,28)29/h2,4-5,14-15,17H,1,3,6-11H2,(H,30,32)(H,31,33)/t14-,15+,17-,20?,21?/m1/s1. The fourth-order valence-electron chi connectivity index (χ4n) is 5.61. The number of aryl methyl sites for hydroxylation is 1. The van der Waals surface area contributed by atoms with Gasteiger partial charge in [-0.2, -0.15) is 13.2 Å². The molecule has 7 nitrogen and oxygen atoms in total. The van der Waals surface area contributed by atoms with Crippen molar-refractivity contribution < 1.29 is 50.1 Å². The van der Waals surface area contributed by atoms with E-state index in [1.807, 2.05) is 0 Å². The molecule has 1 aromatic rings. The summed E-state index contributed by atoms with van der Waals surface area (Å²) in [6.07, 6.45) is -9.07. The Labute approximate surface area is 201 Å². The molecule has 0 spiro atoms. The number of nitrogens with one attached hydrogen (secondary N) is 2. The number of benzene rings is 1. The second-order valence-corrected chi connectivity index (χ2v) is 10.2. The highest BCUT2D eigenvalue weighted by Gasteiger charge is 2.69. The van der Waals surface area contributed by atoms with Crippen LogP contribution in [-0.4, -0.2) is 54.2 Å². The van der Waals surface area contributed by atoms with Gasteiger partial charge in [0, 0.05) is 23.9 Å². The molecule has 1 atom stereocenters. The number of rotatable bonds is 7. The normalized spacial score (nSPS) is 32.7. The number of carbonyl (C=O) groups excluding carboxylic acids is 2. The first-order valence-electron chi connectivity index (χ1n) is 11.6. The summed E-state index contributed by atoms with van der Waals surface area (Å²) in [4.78, 5) is 24.9. The predicted octanol–water partition coefficient (Wildman–Crippen LogP) is 3.39. The molecular weight excluding hydrogens is 498 g/mol. The van der Waals surface area contributed by atoms with Crippen LogP contribution in [0, 0.1) is 0 Å². The molecule has 36 heavy (non-hydrogen) atoms. The Morgan fingerprint density at radius 3 is 2.31 bits per heavy atom. The molecule has 5 aliphatic rings. The van der Waals surface area contributed by atoms with Crippen LogP contribution >= 0.6 is 0 Å². The lowest BCUT2D eigenvalue weighted by Gasteiger charge is -2.70. The number of amides is 2. The SMILES string of the molecule is O=C(CO[C@H]1C[C@@H](OC(F)(F)F)C1)NC12CC(NC(=O)[C@H]3CCc4cc(C(F)(F)F)ccc4O3)(C1)C2. The van der Waals surface area contributed by atoms with E-state index in [4.69, 9.17) is 9.47 Å². The highest BCUT2D eigenvalue weighted by atomic mass is 19.4. The molecule has 1 heterocycles. The smallest absolute Gasteiger partial charge is 0.480 e. The fraction of sp³-hybridized carbons (Fsp3) is 0.652. The Hall–Kier alpha value is -2.54. The number of hydrogen-bond acceptors (Lipinski definition) is 5. The fourth-order valence-corrected chi connectivity index (χ4v) is 5.61. The monoisotopic (exact) mass is 522 g/mol. The van der Waals surface area contributed by atoms with Gasteiger partial charge in [-0.15, -0.1) is 13.2 Å². The van der Waals surface area contributed by atoms with Gasteiger partial charge in [-0.1, -0.05) is 0 Å². The maximum Gasteiger partial charge on any atom is 0.522 e. The van der Waals surface area contributed by atoms with Gasteiger partial charge in [-0.05, 0) is 55.9 Å². The van der Waals surface area contributed by atoms with E-state index in [1.165, 1.54) is 6.07 Å². The summed E-state index contributed by atoms with van der Waals surface area (Å²) in [6.45, 7) is -0.268. The maximum absolute atomic E-state index is 12.9. The molecule has 4 aliphatic carbocycles. The van der Waals surface area contributed by atoms with Crippen LogP contribution in [0.4, 0.5) is 26.3 Å². The van der Waals surface area contributed by atoms with Crippen LogP contribution < -0.4 is 15.4 Å². The molecule has 2 amide bonds. The molecule has 1 aliphatic heterocycles. The van der Waals surface area contributed by atoms with E-state index in [0.717, 1.165) is 12.1 Å². The van der Waals surface area contributed by atoms with Crippen molar-refractivity contribution in [3.8, 4) is 5.75 Å².